The van der Waals surface area contributed by atoms with E-state index >= 15 is 0 Å². The molecule has 0 fully saturated rings. The number of pyridine rings is 1. The minimum Gasteiger partial charge on any atom is -0.493 e. The van der Waals surface area contributed by atoms with Crippen molar-refractivity contribution >= 4 is 0 Å². The third kappa shape index (κ3) is 3.72. The molecule has 5 nitrogen and oxygen atoms in total. The Morgan fingerprint density at radius 3 is 2.41 bits per heavy atom. The summed E-state index contributed by atoms with van der Waals surface area (Å²) >= 11 is 0. The highest BCUT2D eigenvalue weighted by Gasteiger charge is 2.13. The van der Waals surface area contributed by atoms with Crippen molar-refractivity contribution in [2.45, 2.75) is 20.5 Å². The van der Waals surface area contributed by atoms with E-state index in [0.29, 0.717) is 30.2 Å². The van der Waals surface area contributed by atoms with Gasteiger partial charge in [-0.25, -0.2) is 14.2 Å². The normalized spacial score (nSPS) is 10.7. The van der Waals surface area contributed by atoms with Crippen molar-refractivity contribution in [3.63, 3.8) is 0 Å². The van der Waals surface area contributed by atoms with E-state index in [9.17, 15) is 9.18 Å². The Kier molecular flexibility index (Phi) is 5.68. The van der Waals surface area contributed by atoms with Gasteiger partial charge in [0, 0.05) is 11.9 Å². The van der Waals surface area contributed by atoms with Gasteiger partial charge in [0.1, 0.15) is 18.2 Å². The zero-order valence-electron chi connectivity index (χ0n) is 12.5. The fourth-order valence-electron chi connectivity index (χ4n) is 1.97. The van der Waals surface area contributed by atoms with Crippen LogP contribution in [0.2, 0.25) is 0 Å². The third-order valence-corrected chi connectivity index (χ3v) is 2.96. The van der Waals surface area contributed by atoms with Gasteiger partial charge in [-0.1, -0.05) is 0 Å². The molecule has 1 aromatic carbocycles. The van der Waals surface area contributed by atoms with Crippen LogP contribution in [0, 0.1) is 5.82 Å². The summed E-state index contributed by atoms with van der Waals surface area (Å²) < 4.78 is 19.9. The standard InChI is InChI=1S/C16H18FNO4/c1-3-20-15-9-10-18(13-7-5-12(17)6-8-13)16(19)14(15)11-22-21-4-2/h5-10H,3-4,11H2,1-2H3. The molecular formula is C16H18FNO4. The van der Waals surface area contributed by atoms with Gasteiger partial charge in [-0.3, -0.25) is 9.36 Å². The molecule has 118 valence electrons. The van der Waals surface area contributed by atoms with Crippen molar-refractivity contribution in [3.8, 4) is 11.4 Å². The molecule has 0 atom stereocenters. The summed E-state index contributed by atoms with van der Waals surface area (Å²) in [6, 6.07) is 7.34. The molecule has 0 aliphatic carbocycles. The van der Waals surface area contributed by atoms with E-state index in [-0.39, 0.29) is 18.0 Å². The lowest BCUT2D eigenvalue weighted by atomic mass is 10.2. The SMILES string of the molecule is CCOOCc1c(OCC)ccn(-c2ccc(F)cc2)c1=O. The molecule has 0 unspecified atom stereocenters. The Labute approximate surface area is 127 Å². The first-order chi connectivity index (χ1) is 10.7. The Hall–Kier alpha value is -2.18. The monoisotopic (exact) mass is 307 g/mol. The first-order valence-corrected chi connectivity index (χ1v) is 7.05. The average Bonchev–Trinajstić information content (AvgIpc) is 2.52. The lowest BCUT2D eigenvalue weighted by Crippen LogP contribution is -2.23. The van der Waals surface area contributed by atoms with Crippen LogP contribution in [0.5, 0.6) is 5.75 Å². The molecular weight excluding hydrogens is 289 g/mol. The molecule has 0 aliphatic rings. The molecule has 0 bridgehead atoms. The summed E-state index contributed by atoms with van der Waals surface area (Å²) in [5.41, 5.74) is 0.617. The van der Waals surface area contributed by atoms with Crippen LogP contribution in [0.1, 0.15) is 19.4 Å². The number of hydrogen-bond donors (Lipinski definition) is 0. The van der Waals surface area contributed by atoms with Gasteiger partial charge in [-0.2, -0.15) is 0 Å². The predicted octanol–water partition coefficient (Wildman–Crippen LogP) is 2.84. The molecule has 2 aromatic rings. The van der Waals surface area contributed by atoms with Crippen LogP contribution in [0.3, 0.4) is 0 Å². The average molecular weight is 307 g/mol. The zero-order valence-corrected chi connectivity index (χ0v) is 12.5. The smallest absolute Gasteiger partial charge is 0.264 e. The summed E-state index contributed by atoms with van der Waals surface area (Å²) in [7, 11) is 0. The first kappa shape index (κ1) is 16.2. The number of nitrogens with zero attached hydrogens (tertiary/aromatic N) is 1. The largest absolute Gasteiger partial charge is 0.493 e. The summed E-state index contributed by atoms with van der Waals surface area (Å²) in [6.07, 6.45) is 1.59. The maximum absolute atomic E-state index is 13.0. The lowest BCUT2D eigenvalue weighted by molar-refractivity contribution is -0.301. The Morgan fingerprint density at radius 2 is 1.77 bits per heavy atom. The summed E-state index contributed by atoms with van der Waals surface area (Å²) in [6.45, 7) is 4.40. The molecule has 0 N–H and O–H groups in total. The van der Waals surface area contributed by atoms with Crippen LogP contribution in [-0.4, -0.2) is 17.8 Å². The number of rotatable bonds is 7. The van der Waals surface area contributed by atoms with E-state index in [1.807, 2.05) is 6.92 Å². The lowest BCUT2D eigenvalue weighted by Gasteiger charge is -2.13. The maximum atomic E-state index is 13.0. The van der Waals surface area contributed by atoms with E-state index in [1.165, 1.54) is 28.8 Å². The fraction of sp³-hybridized carbons (Fsp3) is 0.312. The van der Waals surface area contributed by atoms with Crippen molar-refractivity contribution in [3.05, 3.63) is 58.3 Å². The van der Waals surface area contributed by atoms with E-state index < -0.39 is 0 Å². The van der Waals surface area contributed by atoms with E-state index in [1.54, 1.807) is 19.2 Å². The highest BCUT2D eigenvalue weighted by molar-refractivity contribution is 5.38. The number of aromatic nitrogens is 1. The topological polar surface area (TPSA) is 49.7 Å². The number of ether oxygens (including phenoxy) is 1. The first-order valence-electron chi connectivity index (χ1n) is 7.05. The van der Waals surface area contributed by atoms with Gasteiger partial charge in [0.05, 0.1) is 18.8 Å². The summed E-state index contributed by atoms with van der Waals surface area (Å²) in [5.74, 6) is 0.0909. The number of halogens is 1. The molecule has 0 radical (unpaired) electrons. The van der Waals surface area contributed by atoms with Crippen molar-refractivity contribution < 1.29 is 18.9 Å². The molecule has 0 aliphatic heterocycles. The second kappa shape index (κ2) is 7.72. The van der Waals surface area contributed by atoms with Crippen LogP contribution >= 0.6 is 0 Å². The Balaban J connectivity index is 2.41. The van der Waals surface area contributed by atoms with Gasteiger partial charge in [0.2, 0.25) is 0 Å². The molecule has 1 aromatic heterocycles. The quantitative estimate of drug-likeness (QED) is 0.448. The molecule has 0 spiro atoms. The van der Waals surface area contributed by atoms with Crippen molar-refractivity contribution in [2.24, 2.45) is 0 Å². The van der Waals surface area contributed by atoms with E-state index in [2.05, 4.69) is 0 Å². The molecule has 2 rings (SSSR count). The molecule has 0 amide bonds. The van der Waals surface area contributed by atoms with Gasteiger partial charge in [0.25, 0.3) is 5.56 Å². The number of hydrogen-bond acceptors (Lipinski definition) is 4. The van der Waals surface area contributed by atoms with Crippen LogP contribution in [0.25, 0.3) is 5.69 Å². The highest BCUT2D eigenvalue weighted by Crippen LogP contribution is 2.17. The van der Waals surface area contributed by atoms with Gasteiger partial charge < -0.3 is 4.74 Å². The molecule has 22 heavy (non-hydrogen) atoms. The zero-order chi connectivity index (χ0) is 15.9. The second-order valence-corrected chi connectivity index (χ2v) is 4.41. The molecule has 0 saturated carbocycles. The fourth-order valence-corrected chi connectivity index (χ4v) is 1.97. The third-order valence-electron chi connectivity index (χ3n) is 2.96. The van der Waals surface area contributed by atoms with Crippen LogP contribution in [-0.2, 0) is 16.4 Å². The van der Waals surface area contributed by atoms with Crippen LogP contribution < -0.4 is 10.3 Å². The van der Waals surface area contributed by atoms with Crippen molar-refractivity contribution in [1.82, 2.24) is 4.57 Å². The minimum absolute atomic E-state index is 0.0238. The molecule has 6 heteroatoms. The Bertz CT molecular complexity index is 667. The van der Waals surface area contributed by atoms with Crippen molar-refractivity contribution in [1.29, 1.82) is 0 Å². The molecule has 0 saturated heterocycles. The van der Waals surface area contributed by atoms with Gasteiger partial charge in [-0.15, -0.1) is 0 Å². The molecule has 1 heterocycles. The number of benzene rings is 1. The summed E-state index contributed by atoms with van der Waals surface area (Å²) in [4.78, 5) is 22.4. The Morgan fingerprint density at radius 1 is 1.05 bits per heavy atom. The summed E-state index contributed by atoms with van der Waals surface area (Å²) in [5, 5.41) is 0. The minimum atomic E-state index is -0.359. The van der Waals surface area contributed by atoms with Crippen LogP contribution in [0.4, 0.5) is 4.39 Å². The van der Waals surface area contributed by atoms with Gasteiger partial charge in [-0.05, 0) is 44.2 Å². The van der Waals surface area contributed by atoms with E-state index in [4.69, 9.17) is 14.5 Å². The second-order valence-electron chi connectivity index (χ2n) is 4.41. The van der Waals surface area contributed by atoms with Crippen molar-refractivity contribution in [2.75, 3.05) is 13.2 Å². The van der Waals surface area contributed by atoms with Gasteiger partial charge >= 0.3 is 0 Å². The predicted molar refractivity (Wildman–Crippen MR) is 79.6 cm³/mol. The highest BCUT2D eigenvalue weighted by atomic mass is 19.1. The van der Waals surface area contributed by atoms with E-state index in [0.717, 1.165) is 0 Å². The maximum Gasteiger partial charge on any atom is 0.264 e. The van der Waals surface area contributed by atoms with Gasteiger partial charge in [0.15, 0.2) is 0 Å². The van der Waals surface area contributed by atoms with Crippen LogP contribution in [0.15, 0.2) is 41.3 Å².